The zero-order valence-corrected chi connectivity index (χ0v) is 18.1. The maximum Gasteiger partial charge on any atom is 0.332 e. The predicted molar refractivity (Wildman–Crippen MR) is 112 cm³/mol. The Morgan fingerprint density at radius 3 is 2.17 bits per heavy atom. The van der Waals surface area contributed by atoms with Gasteiger partial charge in [-0.25, -0.2) is 33.8 Å². The van der Waals surface area contributed by atoms with Gasteiger partial charge in [0.25, 0.3) is 6.67 Å². The first-order valence-electron chi connectivity index (χ1n) is 9.76. The fraction of sp³-hybridized carbons (Fsp3) is 0.600. The van der Waals surface area contributed by atoms with Crippen molar-refractivity contribution in [2.24, 2.45) is 0 Å². The van der Waals surface area contributed by atoms with Crippen LogP contribution in [-0.4, -0.2) is 44.4 Å². The lowest BCUT2D eigenvalue weighted by atomic mass is 9.92. The molecule has 0 radical (unpaired) electrons. The second-order valence-corrected chi connectivity index (χ2v) is 9.95. The van der Waals surface area contributed by atoms with Gasteiger partial charge in [0.2, 0.25) is 10.0 Å². The van der Waals surface area contributed by atoms with Crippen LogP contribution in [0.4, 0.5) is 14.9 Å². The van der Waals surface area contributed by atoms with Crippen LogP contribution >= 0.6 is 0 Å². The Balaban J connectivity index is 2.16. The van der Waals surface area contributed by atoms with Crippen LogP contribution in [0.25, 0.3) is 4.85 Å². The van der Waals surface area contributed by atoms with Gasteiger partial charge >= 0.3 is 6.03 Å². The number of sulfonamides is 1. The van der Waals surface area contributed by atoms with E-state index in [1.54, 1.807) is 0 Å². The molecule has 29 heavy (non-hydrogen) atoms. The molecule has 0 unspecified atom stereocenters. The number of carbonyl (C=O) groups excluding carboxylic acids is 1. The van der Waals surface area contributed by atoms with E-state index in [2.05, 4.69) is 14.9 Å². The zero-order chi connectivity index (χ0) is 21.8. The van der Waals surface area contributed by atoms with Gasteiger partial charge in [0, 0.05) is 18.8 Å². The van der Waals surface area contributed by atoms with Gasteiger partial charge in [0.1, 0.15) is 5.82 Å². The minimum Gasteiger partial charge on any atom is -0.307 e. The highest BCUT2D eigenvalue weighted by Crippen LogP contribution is 2.33. The normalized spacial score (nSPS) is 16.1. The van der Waals surface area contributed by atoms with E-state index in [4.69, 9.17) is 6.57 Å². The van der Waals surface area contributed by atoms with Crippen LogP contribution in [-0.2, 0) is 10.0 Å². The van der Waals surface area contributed by atoms with Gasteiger partial charge in [0.05, 0.1) is 5.25 Å². The molecule has 2 amide bonds. The summed E-state index contributed by atoms with van der Waals surface area (Å²) in [5, 5.41) is 1.96. The number of nitrogens with one attached hydrogen (secondary N) is 2. The lowest BCUT2D eigenvalue weighted by Crippen LogP contribution is -2.46. The molecule has 9 heteroatoms. The lowest BCUT2D eigenvalue weighted by molar-refractivity contribution is 0.248. The minimum absolute atomic E-state index is 0.0538. The van der Waals surface area contributed by atoms with Gasteiger partial charge in [-0.2, -0.15) is 0 Å². The first-order valence-corrected chi connectivity index (χ1v) is 11.3. The van der Waals surface area contributed by atoms with Crippen molar-refractivity contribution >= 4 is 21.7 Å². The van der Waals surface area contributed by atoms with Gasteiger partial charge in [0.15, 0.2) is 0 Å². The van der Waals surface area contributed by atoms with E-state index in [1.165, 1.54) is 12.1 Å². The van der Waals surface area contributed by atoms with Crippen molar-refractivity contribution in [2.75, 3.05) is 25.1 Å². The molecule has 1 aromatic carbocycles. The summed E-state index contributed by atoms with van der Waals surface area (Å²) < 4.78 is 41.4. The van der Waals surface area contributed by atoms with Crippen LogP contribution in [0, 0.1) is 12.4 Å². The molecule has 1 heterocycles. The summed E-state index contributed by atoms with van der Waals surface area (Å²) in [7, 11) is -3.86. The lowest BCUT2D eigenvalue weighted by Gasteiger charge is -2.28. The summed E-state index contributed by atoms with van der Waals surface area (Å²) in [5.74, 6) is -0.495. The van der Waals surface area contributed by atoms with Crippen molar-refractivity contribution in [3.05, 3.63) is 40.5 Å². The number of amides is 2. The number of urea groups is 1. The number of carbonyl (C=O) groups is 1. The number of halogens is 1. The molecule has 1 fully saturated rings. The standard InChI is InChI=1S/C20H29FN4O3S/c1-13(2)17-10-15(21)11-18(14(3)4)19(17)23-20(26)24-29(27,28)16-6-8-25(9-7-16)12-22-5/h10-11,13-14,16H,6-9,12H2,1-4H3,(H2,23,24,26). The van der Waals surface area contributed by atoms with E-state index in [1.807, 2.05) is 32.6 Å². The minimum atomic E-state index is -3.86. The fourth-order valence-electron chi connectivity index (χ4n) is 3.52. The topological polar surface area (TPSA) is 82.9 Å². The summed E-state index contributed by atoms with van der Waals surface area (Å²) in [6.07, 6.45) is 0.729. The molecule has 0 saturated carbocycles. The van der Waals surface area contributed by atoms with Gasteiger partial charge in [-0.15, -0.1) is 0 Å². The molecule has 7 nitrogen and oxygen atoms in total. The van der Waals surface area contributed by atoms with E-state index in [0.29, 0.717) is 42.7 Å². The van der Waals surface area contributed by atoms with E-state index in [-0.39, 0.29) is 24.3 Å². The number of benzene rings is 1. The van der Waals surface area contributed by atoms with Gasteiger partial charge in [-0.05, 0) is 47.9 Å². The highest BCUT2D eigenvalue weighted by Gasteiger charge is 2.32. The molecule has 1 aliphatic heterocycles. The van der Waals surface area contributed by atoms with Crippen LogP contribution in [0.5, 0.6) is 0 Å². The molecule has 0 bridgehead atoms. The molecule has 1 aromatic rings. The van der Waals surface area contributed by atoms with E-state index < -0.39 is 21.3 Å². The summed E-state index contributed by atoms with van der Waals surface area (Å²) in [6.45, 7) is 15.7. The quantitative estimate of drug-likeness (QED) is 0.679. The van der Waals surface area contributed by atoms with Crippen LogP contribution < -0.4 is 10.0 Å². The summed E-state index contributed by atoms with van der Waals surface area (Å²) in [6, 6.07) is 1.89. The molecule has 0 aromatic heterocycles. The second kappa shape index (κ2) is 9.55. The Morgan fingerprint density at radius 1 is 1.21 bits per heavy atom. The second-order valence-electron chi connectivity index (χ2n) is 7.99. The van der Waals surface area contributed by atoms with Crippen molar-refractivity contribution in [1.82, 2.24) is 9.62 Å². The van der Waals surface area contributed by atoms with E-state index >= 15 is 0 Å². The Labute approximate surface area is 172 Å². The third kappa shape index (κ3) is 5.90. The van der Waals surface area contributed by atoms with Gasteiger partial charge < -0.3 is 5.32 Å². The molecule has 0 atom stereocenters. The average Bonchev–Trinajstić information content (AvgIpc) is 2.62. The first kappa shape index (κ1) is 23.1. The number of hydrogen-bond donors (Lipinski definition) is 2. The zero-order valence-electron chi connectivity index (χ0n) is 17.3. The molecule has 160 valence electrons. The highest BCUT2D eigenvalue weighted by molar-refractivity contribution is 7.90. The van der Waals surface area contributed by atoms with Crippen LogP contribution in [0.15, 0.2) is 12.1 Å². The van der Waals surface area contributed by atoms with Crippen molar-refractivity contribution < 1.29 is 17.6 Å². The van der Waals surface area contributed by atoms with Gasteiger partial charge in [-0.3, -0.25) is 4.85 Å². The van der Waals surface area contributed by atoms with Crippen molar-refractivity contribution in [2.45, 2.75) is 57.6 Å². The summed E-state index contributed by atoms with van der Waals surface area (Å²) in [5.41, 5.74) is 1.69. The highest BCUT2D eigenvalue weighted by atomic mass is 32.2. The molecule has 2 N–H and O–H groups in total. The number of rotatable bonds is 6. The molecule has 1 aliphatic rings. The van der Waals surface area contributed by atoms with Crippen molar-refractivity contribution in [3.8, 4) is 0 Å². The first-order chi connectivity index (χ1) is 13.5. The number of likely N-dealkylation sites (tertiary alicyclic amines) is 1. The fourth-order valence-corrected chi connectivity index (χ4v) is 4.82. The molecular formula is C20H29FN4O3S. The third-order valence-corrected chi connectivity index (χ3v) is 6.94. The molecule has 2 rings (SSSR count). The SMILES string of the molecule is [C-]#[N+]CN1CCC(S(=O)(=O)NC(=O)Nc2c(C(C)C)cc(F)cc2C(C)C)CC1. The third-order valence-electron chi connectivity index (χ3n) is 5.13. The van der Waals surface area contributed by atoms with Crippen LogP contribution in [0.1, 0.15) is 63.5 Å². The predicted octanol–water partition coefficient (Wildman–Crippen LogP) is 3.86. The molecular weight excluding hydrogens is 395 g/mol. The Kier molecular flexibility index (Phi) is 7.60. The Bertz CT molecular complexity index is 856. The number of piperidine rings is 1. The average molecular weight is 425 g/mol. The molecule has 0 aliphatic carbocycles. The van der Waals surface area contributed by atoms with Crippen molar-refractivity contribution in [3.63, 3.8) is 0 Å². The van der Waals surface area contributed by atoms with Crippen LogP contribution in [0.3, 0.4) is 0 Å². The maximum absolute atomic E-state index is 14.0. The maximum atomic E-state index is 14.0. The summed E-state index contributed by atoms with van der Waals surface area (Å²) in [4.78, 5) is 17.7. The number of hydrogen-bond acceptors (Lipinski definition) is 4. The Morgan fingerprint density at radius 2 is 1.72 bits per heavy atom. The van der Waals surface area contributed by atoms with E-state index in [9.17, 15) is 17.6 Å². The van der Waals surface area contributed by atoms with Crippen LogP contribution in [0.2, 0.25) is 0 Å². The monoisotopic (exact) mass is 424 g/mol. The summed E-state index contributed by atoms with van der Waals surface area (Å²) >= 11 is 0. The van der Waals surface area contributed by atoms with E-state index in [0.717, 1.165) is 0 Å². The number of nitrogens with zero attached hydrogens (tertiary/aromatic N) is 2. The molecule has 1 saturated heterocycles. The van der Waals surface area contributed by atoms with Gasteiger partial charge in [-0.1, -0.05) is 27.7 Å². The Hall–Kier alpha value is -2.18. The van der Waals surface area contributed by atoms with Crippen molar-refractivity contribution in [1.29, 1.82) is 0 Å². The largest absolute Gasteiger partial charge is 0.332 e. The smallest absolute Gasteiger partial charge is 0.307 e. The number of anilines is 1. The molecule has 0 spiro atoms.